The van der Waals surface area contributed by atoms with E-state index in [0.29, 0.717) is 10.6 Å². The summed E-state index contributed by atoms with van der Waals surface area (Å²) in [6, 6.07) is 15.0. The molecule has 1 aliphatic heterocycles. The maximum absolute atomic E-state index is 12.7. The molecule has 1 aliphatic rings. The van der Waals surface area contributed by atoms with Crippen molar-refractivity contribution in [1.29, 1.82) is 0 Å². The molecule has 6 heteroatoms. The van der Waals surface area contributed by atoms with Crippen LogP contribution in [0.25, 0.3) is 5.69 Å². The van der Waals surface area contributed by atoms with Crippen molar-refractivity contribution in [3.8, 4) is 5.69 Å². The molecule has 0 fully saturated rings. The van der Waals surface area contributed by atoms with Gasteiger partial charge in [0, 0.05) is 27.7 Å². The highest BCUT2D eigenvalue weighted by Crippen LogP contribution is 2.36. The first kappa shape index (κ1) is 16.2. The van der Waals surface area contributed by atoms with Gasteiger partial charge >= 0.3 is 0 Å². The molecular weight excluding hydrogens is 354 g/mol. The minimum Gasteiger partial charge on any atom is -0.306 e. The minimum atomic E-state index is -0.183. The summed E-state index contributed by atoms with van der Waals surface area (Å²) in [5, 5.41) is 8.33. The van der Waals surface area contributed by atoms with Crippen molar-refractivity contribution in [1.82, 2.24) is 9.78 Å². The molecule has 0 saturated heterocycles. The summed E-state index contributed by atoms with van der Waals surface area (Å²) in [6.07, 6.45) is 0. The van der Waals surface area contributed by atoms with Gasteiger partial charge < -0.3 is 5.32 Å². The van der Waals surface area contributed by atoms with Crippen LogP contribution in [0.1, 0.15) is 27.2 Å². The number of rotatable bonds is 3. The van der Waals surface area contributed by atoms with Crippen LogP contribution in [0, 0.1) is 6.92 Å². The number of halogens is 1. The maximum atomic E-state index is 12.7. The van der Waals surface area contributed by atoms with Gasteiger partial charge in [-0.15, -0.1) is 0 Å². The van der Waals surface area contributed by atoms with E-state index < -0.39 is 0 Å². The van der Waals surface area contributed by atoms with Gasteiger partial charge in [0.2, 0.25) is 0 Å². The third-order valence-electron chi connectivity index (χ3n) is 4.21. The average Bonchev–Trinajstić information content (AvgIpc) is 3.18. The zero-order valence-corrected chi connectivity index (χ0v) is 15.2. The first-order valence-electron chi connectivity index (χ1n) is 7.95. The zero-order chi connectivity index (χ0) is 17.4. The average molecular weight is 370 g/mol. The van der Waals surface area contributed by atoms with E-state index in [9.17, 15) is 4.79 Å². The molecular formula is C19H16ClN3OS. The van der Waals surface area contributed by atoms with Crippen LogP contribution in [0.2, 0.25) is 5.02 Å². The Kier molecular flexibility index (Phi) is 4.27. The standard InChI is InChI=1S/C19H16ClN3OS/c1-12-5-2-3-8-17(12)23-18(15-10-25-11-16(15)22-23)21-19(24)13-6-4-7-14(20)9-13/h2-9H,10-11H2,1H3,(H,21,24). The lowest BCUT2D eigenvalue weighted by Gasteiger charge is -2.13. The Morgan fingerprint density at radius 3 is 2.84 bits per heavy atom. The number of benzene rings is 2. The molecule has 25 heavy (non-hydrogen) atoms. The van der Waals surface area contributed by atoms with E-state index in [2.05, 4.69) is 5.32 Å². The Balaban J connectivity index is 1.76. The molecule has 1 amide bonds. The van der Waals surface area contributed by atoms with Gasteiger partial charge in [-0.3, -0.25) is 4.79 Å². The number of nitrogens with zero attached hydrogens (tertiary/aromatic N) is 2. The summed E-state index contributed by atoms with van der Waals surface area (Å²) < 4.78 is 1.85. The number of carbonyl (C=O) groups is 1. The fourth-order valence-corrected chi connectivity index (χ4v) is 4.15. The number of thioether (sulfide) groups is 1. The van der Waals surface area contributed by atoms with Crippen LogP contribution < -0.4 is 5.32 Å². The van der Waals surface area contributed by atoms with E-state index in [1.54, 1.807) is 24.3 Å². The lowest BCUT2D eigenvalue weighted by atomic mass is 10.2. The smallest absolute Gasteiger partial charge is 0.256 e. The molecule has 1 aromatic heterocycles. The quantitative estimate of drug-likeness (QED) is 0.719. The molecule has 1 N–H and O–H groups in total. The zero-order valence-electron chi connectivity index (χ0n) is 13.6. The number of aromatic nitrogens is 2. The Morgan fingerprint density at radius 2 is 2.04 bits per heavy atom. The molecule has 4 rings (SSSR count). The molecule has 0 saturated carbocycles. The van der Waals surface area contributed by atoms with Crippen molar-refractivity contribution in [3.05, 3.63) is 75.9 Å². The van der Waals surface area contributed by atoms with Crippen molar-refractivity contribution in [2.45, 2.75) is 18.4 Å². The van der Waals surface area contributed by atoms with Crippen LogP contribution in [-0.4, -0.2) is 15.7 Å². The fourth-order valence-electron chi connectivity index (χ4n) is 2.93. The summed E-state index contributed by atoms with van der Waals surface area (Å²) in [4.78, 5) is 12.7. The van der Waals surface area contributed by atoms with E-state index in [0.717, 1.165) is 39.8 Å². The van der Waals surface area contributed by atoms with Crippen molar-refractivity contribution >= 4 is 35.1 Å². The van der Waals surface area contributed by atoms with Gasteiger partial charge in [-0.2, -0.15) is 16.9 Å². The third kappa shape index (κ3) is 3.05. The van der Waals surface area contributed by atoms with Crippen molar-refractivity contribution in [2.24, 2.45) is 0 Å². The number of hydrogen-bond donors (Lipinski definition) is 1. The van der Waals surface area contributed by atoms with Crippen LogP contribution in [0.3, 0.4) is 0 Å². The van der Waals surface area contributed by atoms with Crippen molar-refractivity contribution < 1.29 is 4.79 Å². The van der Waals surface area contributed by atoms with Crippen LogP contribution in [0.5, 0.6) is 0 Å². The van der Waals surface area contributed by atoms with Crippen LogP contribution in [0.15, 0.2) is 48.5 Å². The largest absolute Gasteiger partial charge is 0.306 e. The molecule has 3 aromatic rings. The first-order valence-corrected chi connectivity index (χ1v) is 9.48. The van der Waals surface area contributed by atoms with Crippen molar-refractivity contribution in [2.75, 3.05) is 5.32 Å². The molecule has 2 heterocycles. The lowest BCUT2D eigenvalue weighted by molar-refractivity contribution is 0.102. The number of aryl methyl sites for hydroxylation is 1. The molecule has 0 atom stereocenters. The van der Waals surface area contributed by atoms with Gasteiger partial charge in [-0.05, 0) is 36.8 Å². The van der Waals surface area contributed by atoms with Gasteiger partial charge in [0.1, 0.15) is 5.82 Å². The summed E-state index contributed by atoms with van der Waals surface area (Å²) in [5.74, 6) is 2.29. The topological polar surface area (TPSA) is 46.9 Å². The summed E-state index contributed by atoms with van der Waals surface area (Å²) in [7, 11) is 0. The second-order valence-corrected chi connectivity index (χ2v) is 7.35. The van der Waals surface area contributed by atoms with Crippen LogP contribution >= 0.6 is 23.4 Å². The maximum Gasteiger partial charge on any atom is 0.256 e. The predicted molar refractivity (Wildman–Crippen MR) is 103 cm³/mol. The Bertz CT molecular complexity index is 967. The SMILES string of the molecule is Cc1ccccc1-n1nc2c(c1NC(=O)c1cccc(Cl)c1)CSC2. The van der Waals surface area contributed by atoms with Gasteiger partial charge in [0.25, 0.3) is 5.91 Å². The number of hydrogen-bond acceptors (Lipinski definition) is 3. The summed E-state index contributed by atoms with van der Waals surface area (Å²) in [6.45, 7) is 2.04. The first-order chi connectivity index (χ1) is 12.1. The van der Waals surface area contributed by atoms with Gasteiger partial charge in [-0.1, -0.05) is 35.9 Å². The van der Waals surface area contributed by atoms with Crippen molar-refractivity contribution in [3.63, 3.8) is 0 Å². The summed E-state index contributed by atoms with van der Waals surface area (Å²) >= 11 is 7.82. The number of amides is 1. The molecule has 0 radical (unpaired) electrons. The van der Waals surface area contributed by atoms with E-state index in [1.165, 1.54) is 0 Å². The second kappa shape index (κ2) is 6.58. The number of anilines is 1. The van der Waals surface area contributed by atoms with E-state index in [1.807, 2.05) is 47.6 Å². The highest BCUT2D eigenvalue weighted by molar-refractivity contribution is 7.98. The molecule has 4 nitrogen and oxygen atoms in total. The lowest BCUT2D eigenvalue weighted by Crippen LogP contribution is -2.16. The predicted octanol–water partition coefficient (Wildman–Crippen LogP) is 4.83. The van der Waals surface area contributed by atoms with E-state index in [-0.39, 0.29) is 5.91 Å². The minimum absolute atomic E-state index is 0.183. The Labute approximate surface area is 155 Å². The van der Waals surface area contributed by atoms with Gasteiger partial charge in [0.05, 0.1) is 11.4 Å². The van der Waals surface area contributed by atoms with Gasteiger partial charge in [-0.25, -0.2) is 4.68 Å². The molecule has 126 valence electrons. The molecule has 0 aliphatic carbocycles. The van der Waals surface area contributed by atoms with Gasteiger partial charge in [0.15, 0.2) is 0 Å². The van der Waals surface area contributed by atoms with E-state index in [4.69, 9.17) is 16.7 Å². The number of nitrogens with one attached hydrogen (secondary N) is 1. The second-order valence-electron chi connectivity index (χ2n) is 5.93. The highest BCUT2D eigenvalue weighted by atomic mass is 35.5. The monoisotopic (exact) mass is 369 g/mol. The summed E-state index contributed by atoms with van der Waals surface area (Å²) in [5.41, 5.74) is 4.75. The molecule has 0 spiro atoms. The third-order valence-corrected chi connectivity index (χ3v) is 5.42. The highest BCUT2D eigenvalue weighted by Gasteiger charge is 2.25. The van der Waals surface area contributed by atoms with Crippen LogP contribution in [-0.2, 0) is 11.5 Å². The van der Waals surface area contributed by atoms with Crippen LogP contribution in [0.4, 0.5) is 5.82 Å². The fraction of sp³-hybridized carbons (Fsp3) is 0.158. The Hall–Kier alpha value is -2.24. The molecule has 2 aromatic carbocycles. The Morgan fingerprint density at radius 1 is 1.20 bits per heavy atom. The normalized spacial score (nSPS) is 12.9. The molecule has 0 bridgehead atoms. The number of carbonyl (C=O) groups excluding carboxylic acids is 1. The number of fused-ring (bicyclic) bond motifs is 1. The van der Waals surface area contributed by atoms with E-state index >= 15 is 0 Å². The molecule has 0 unspecified atom stereocenters. The number of para-hydroxylation sites is 1.